The molecule has 1 aromatic rings. The number of fused-ring (bicyclic) bond motifs is 1. The number of carbonyl (C=O) groups is 1. The molecule has 0 saturated carbocycles. The molecule has 1 aromatic heterocycles. The van der Waals surface area contributed by atoms with Crippen molar-refractivity contribution in [3.63, 3.8) is 0 Å². The molecule has 8 heteroatoms. The molecule has 3 rings (SSSR count). The Labute approximate surface area is 142 Å². The second kappa shape index (κ2) is 8.10. The molecule has 1 unspecified atom stereocenters. The van der Waals surface area contributed by atoms with E-state index in [0.717, 1.165) is 50.3 Å². The lowest BCUT2D eigenvalue weighted by molar-refractivity contribution is 0.0467. The molecule has 23 heavy (non-hydrogen) atoms. The molecular formula is C15H26ClN5O2. The van der Waals surface area contributed by atoms with Crippen LogP contribution >= 0.6 is 12.4 Å². The lowest BCUT2D eigenvalue weighted by atomic mass is 10.1. The Bertz CT molecular complexity index is 524. The number of aliphatic hydroxyl groups is 1. The van der Waals surface area contributed by atoms with Crippen LogP contribution in [0.15, 0.2) is 0 Å². The Morgan fingerprint density at radius 2 is 2.09 bits per heavy atom. The normalized spacial score (nSPS) is 19.8. The monoisotopic (exact) mass is 343 g/mol. The molecule has 0 spiro atoms. The van der Waals surface area contributed by atoms with E-state index < -0.39 is 0 Å². The highest BCUT2D eigenvalue weighted by molar-refractivity contribution is 5.94. The van der Waals surface area contributed by atoms with Gasteiger partial charge in [-0.1, -0.05) is 6.92 Å². The van der Waals surface area contributed by atoms with E-state index in [4.69, 9.17) is 0 Å². The number of nitrogens with one attached hydrogen (secondary N) is 2. The summed E-state index contributed by atoms with van der Waals surface area (Å²) in [7, 11) is 0. The highest BCUT2D eigenvalue weighted by atomic mass is 35.5. The van der Waals surface area contributed by atoms with E-state index in [1.54, 1.807) is 0 Å². The molecule has 1 amide bonds. The van der Waals surface area contributed by atoms with E-state index in [-0.39, 0.29) is 31.0 Å². The molecule has 3 N–H and O–H groups in total. The second-order valence-corrected chi connectivity index (χ2v) is 6.03. The van der Waals surface area contributed by atoms with Gasteiger partial charge < -0.3 is 15.3 Å². The zero-order chi connectivity index (χ0) is 15.5. The maximum atomic E-state index is 12.7. The number of hydrogen-bond acceptors (Lipinski definition) is 5. The van der Waals surface area contributed by atoms with Crippen molar-refractivity contribution >= 4 is 18.3 Å². The first kappa shape index (κ1) is 18.2. The summed E-state index contributed by atoms with van der Waals surface area (Å²) >= 11 is 0. The van der Waals surface area contributed by atoms with Crippen LogP contribution in [0.2, 0.25) is 0 Å². The van der Waals surface area contributed by atoms with Crippen molar-refractivity contribution < 1.29 is 9.90 Å². The summed E-state index contributed by atoms with van der Waals surface area (Å²) in [5.41, 5.74) is 2.69. The van der Waals surface area contributed by atoms with Crippen LogP contribution in [0.1, 0.15) is 35.1 Å². The first-order valence-electron chi connectivity index (χ1n) is 8.15. The minimum absolute atomic E-state index is 0. The minimum Gasteiger partial charge on any atom is -0.395 e. The smallest absolute Gasteiger partial charge is 0.274 e. The van der Waals surface area contributed by atoms with Gasteiger partial charge in [-0.05, 0) is 6.42 Å². The van der Waals surface area contributed by atoms with Crippen LogP contribution in [0.25, 0.3) is 0 Å². The van der Waals surface area contributed by atoms with E-state index in [1.807, 2.05) is 4.90 Å². The maximum absolute atomic E-state index is 12.7. The van der Waals surface area contributed by atoms with Crippen LogP contribution in [-0.4, -0.2) is 76.4 Å². The Morgan fingerprint density at radius 3 is 2.74 bits per heavy atom. The Morgan fingerprint density at radius 1 is 1.35 bits per heavy atom. The van der Waals surface area contributed by atoms with Crippen LogP contribution in [-0.2, 0) is 13.0 Å². The molecule has 1 atom stereocenters. The summed E-state index contributed by atoms with van der Waals surface area (Å²) in [4.78, 5) is 16.8. The van der Waals surface area contributed by atoms with Gasteiger partial charge in [0, 0.05) is 63.0 Å². The van der Waals surface area contributed by atoms with Crippen molar-refractivity contribution in [3.8, 4) is 0 Å². The third kappa shape index (κ3) is 3.68. The van der Waals surface area contributed by atoms with Gasteiger partial charge in [-0.3, -0.25) is 14.8 Å². The van der Waals surface area contributed by atoms with Crippen LogP contribution in [0.4, 0.5) is 0 Å². The maximum Gasteiger partial charge on any atom is 0.274 e. The van der Waals surface area contributed by atoms with Crippen molar-refractivity contribution in [1.29, 1.82) is 0 Å². The van der Waals surface area contributed by atoms with Crippen molar-refractivity contribution in [2.75, 3.05) is 39.3 Å². The van der Waals surface area contributed by atoms with Crippen LogP contribution in [0.5, 0.6) is 0 Å². The average Bonchev–Trinajstić information content (AvgIpc) is 3.00. The zero-order valence-corrected chi connectivity index (χ0v) is 14.4. The van der Waals surface area contributed by atoms with Crippen LogP contribution < -0.4 is 5.32 Å². The molecule has 1 fully saturated rings. The largest absolute Gasteiger partial charge is 0.395 e. The summed E-state index contributed by atoms with van der Waals surface area (Å²) in [5, 5.41) is 19.9. The topological polar surface area (TPSA) is 84.5 Å². The van der Waals surface area contributed by atoms with Crippen molar-refractivity contribution in [1.82, 2.24) is 25.3 Å². The second-order valence-electron chi connectivity index (χ2n) is 6.03. The van der Waals surface area contributed by atoms with E-state index in [0.29, 0.717) is 18.8 Å². The van der Waals surface area contributed by atoms with E-state index >= 15 is 0 Å². The fourth-order valence-corrected chi connectivity index (χ4v) is 3.34. The number of rotatable bonds is 4. The summed E-state index contributed by atoms with van der Waals surface area (Å²) in [6.07, 6.45) is 1.83. The van der Waals surface area contributed by atoms with Crippen LogP contribution in [0.3, 0.4) is 0 Å². The molecule has 0 radical (unpaired) electrons. The Balaban J connectivity index is 0.00000192. The van der Waals surface area contributed by atoms with Gasteiger partial charge in [0.25, 0.3) is 5.91 Å². The molecule has 0 aliphatic carbocycles. The molecule has 3 heterocycles. The Hall–Kier alpha value is -1.15. The van der Waals surface area contributed by atoms with Crippen molar-refractivity contribution in [3.05, 3.63) is 17.0 Å². The van der Waals surface area contributed by atoms with E-state index in [2.05, 4.69) is 27.3 Å². The number of hydrogen-bond donors (Lipinski definition) is 3. The molecule has 2 aliphatic heterocycles. The van der Waals surface area contributed by atoms with Gasteiger partial charge in [-0.15, -0.1) is 12.4 Å². The zero-order valence-electron chi connectivity index (χ0n) is 13.5. The lowest BCUT2D eigenvalue weighted by Crippen LogP contribution is -2.52. The lowest BCUT2D eigenvalue weighted by Gasteiger charge is -2.38. The standard InChI is InChI=1S/C15H25N5O2.ClH/c1-2-11(10-21)19-5-7-20(8-6-19)15(22)14-12-9-16-4-3-13(12)17-18-14;/h11,16,21H,2-10H2,1H3,(H,17,18);1H. The van der Waals surface area contributed by atoms with Gasteiger partial charge >= 0.3 is 0 Å². The minimum atomic E-state index is 0. The number of aromatic amines is 1. The van der Waals surface area contributed by atoms with Gasteiger partial charge in [0.15, 0.2) is 5.69 Å². The summed E-state index contributed by atoms with van der Waals surface area (Å²) in [6, 6.07) is 0.208. The number of nitrogens with zero attached hydrogens (tertiary/aromatic N) is 3. The number of halogens is 1. The van der Waals surface area contributed by atoms with E-state index in [1.165, 1.54) is 0 Å². The SMILES string of the molecule is CCC(CO)N1CCN(C(=O)c2n[nH]c3c2CNCC3)CC1.Cl. The van der Waals surface area contributed by atoms with Crippen LogP contribution in [0, 0.1) is 0 Å². The number of carbonyl (C=O) groups excluding carboxylic acids is 1. The van der Waals surface area contributed by atoms with Crippen molar-refractivity contribution in [2.24, 2.45) is 0 Å². The van der Waals surface area contributed by atoms with E-state index in [9.17, 15) is 9.90 Å². The fraction of sp³-hybridized carbons (Fsp3) is 0.733. The molecule has 7 nitrogen and oxygen atoms in total. The predicted octanol–water partition coefficient (Wildman–Crippen LogP) is 0.00590. The first-order chi connectivity index (χ1) is 10.7. The fourth-order valence-electron chi connectivity index (χ4n) is 3.34. The average molecular weight is 344 g/mol. The molecule has 2 aliphatic rings. The summed E-state index contributed by atoms with van der Waals surface area (Å²) < 4.78 is 0. The molecule has 0 aromatic carbocycles. The number of aromatic nitrogens is 2. The highest BCUT2D eigenvalue weighted by Crippen LogP contribution is 2.18. The number of aliphatic hydroxyl groups excluding tert-OH is 1. The number of piperazine rings is 1. The first-order valence-corrected chi connectivity index (χ1v) is 8.15. The third-order valence-electron chi connectivity index (χ3n) is 4.81. The highest BCUT2D eigenvalue weighted by Gasteiger charge is 2.29. The van der Waals surface area contributed by atoms with Gasteiger partial charge in [0.05, 0.1) is 6.61 Å². The summed E-state index contributed by atoms with van der Waals surface area (Å²) in [5.74, 6) is 0.0258. The number of H-pyrrole nitrogens is 1. The quantitative estimate of drug-likeness (QED) is 0.717. The van der Waals surface area contributed by atoms with Gasteiger partial charge in [0.1, 0.15) is 0 Å². The Kier molecular flexibility index (Phi) is 6.41. The molecule has 130 valence electrons. The third-order valence-corrected chi connectivity index (χ3v) is 4.81. The molecule has 0 bridgehead atoms. The van der Waals surface area contributed by atoms with Crippen molar-refractivity contribution in [2.45, 2.75) is 32.4 Å². The summed E-state index contributed by atoms with van der Waals surface area (Å²) in [6.45, 7) is 6.95. The van der Waals surface area contributed by atoms with Gasteiger partial charge in [-0.25, -0.2) is 0 Å². The van der Waals surface area contributed by atoms with Gasteiger partial charge in [0.2, 0.25) is 0 Å². The number of amides is 1. The molecule has 1 saturated heterocycles. The molecular weight excluding hydrogens is 318 g/mol. The van der Waals surface area contributed by atoms with Gasteiger partial charge in [-0.2, -0.15) is 5.10 Å². The predicted molar refractivity (Wildman–Crippen MR) is 89.9 cm³/mol.